The van der Waals surface area contributed by atoms with Gasteiger partial charge in [-0.1, -0.05) is 13.8 Å². The molecule has 0 aliphatic rings. The number of benzene rings is 1. The lowest BCUT2D eigenvalue weighted by molar-refractivity contribution is 0.0852. The van der Waals surface area contributed by atoms with E-state index in [1.165, 1.54) is 18.2 Å². The molecule has 18 heavy (non-hydrogen) atoms. The molecule has 0 spiro atoms. The second-order valence-electron chi connectivity index (χ2n) is 4.49. The highest BCUT2D eigenvalue weighted by molar-refractivity contribution is 6.03. The standard InChI is InChI=1S/C14H16FNO2/c1-3-14(16,4-2)13(17)12-8-9-7-10(15)5-6-11(9)18-12/h5-8H,3-4,16H2,1-2H3. The molecule has 2 rings (SSSR count). The summed E-state index contributed by atoms with van der Waals surface area (Å²) in [5.41, 5.74) is 5.62. The number of nitrogens with two attached hydrogens (primary N) is 1. The van der Waals surface area contributed by atoms with Gasteiger partial charge >= 0.3 is 0 Å². The zero-order valence-corrected chi connectivity index (χ0v) is 10.5. The molecule has 1 aromatic carbocycles. The first kappa shape index (κ1) is 12.8. The number of rotatable bonds is 4. The molecule has 96 valence electrons. The second-order valence-corrected chi connectivity index (χ2v) is 4.49. The van der Waals surface area contributed by atoms with E-state index >= 15 is 0 Å². The Morgan fingerprint density at radius 2 is 2.00 bits per heavy atom. The van der Waals surface area contributed by atoms with E-state index in [9.17, 15) is 9.18 Å². The van der Waals surface area contributed by atoms with E-state index in [1.807, 2.05) is 13.8 Å². The maximum atomic E-state index is 13.1. The third kappa shape index (κ3) is 2.04. The zero-order chi connectivity index (χ0) is 13.3. The summed E-state index contributed by atoms with van der Waals surface area (Å²) < 4.78 is 18.5. The van der Waals surface area contributed by atoms with Crippen molar-refractivity contribution in [1.29, 1.82) is 0 Å². The van der Waals surface area contributed by atoms with Crippen LogP contribution >= 0.6 is 0 Å². The molecule has 0 radical (unpaired) electrons. The van der Waals surface area contributed by atoms with Crippen molar-refractivity contribution in [3.8, 4) is 0 Å². The number of carbonyl (C=O) groups excluding carboxylic acids is 1. The fourth-order valence-electron chi connectivity index (χ4n) is 1.94. The van der Waals surface area contributed by atoms with E-state index in [0.29, 0.717) is 23.8 Å². The van der Waals surface area contributed by atoms with Crippen molar-refractivity contribution in [2.75, 3.05) is 0 Å². The van der Waals surface area contributed by atoms with Gasteiger partial charge in [-0.2, -0.15) is 0 Å². The Bertz CT molecular complexity index is 584. The Labute approximate surface area is 105 Å². The molecular formula is C14H16FNO2. The molecule has 3 nitrogen and oxygen atoms in total. The van der Waals surface area contributed by atoms with Gasteiger partial charge in [-0.25, -0.2) is 4.39 Å². The third-order valence-electron chi connectivity index (χ3n) is 3.42. The van der Waals surface area contributed by atoms with Crippen LogP contribution in [-0.2, 0) is 0 Å². The molecule has 0 unspecified atom stereocenters. The Balaban J connectivity index is 2.45. The topological polar surface area (TPSA) is 56.2 Å². The number of ketones is 1. The molecular weight excluding hydrogens is 233 g/mol. The minimum absolute atomic E-state index is 0.196. The van der Waals surface area contributed by atoms with Crippen LogP contribution < -0.4 is 5.73 Å². The van der Waals surface area contributed by atoms with Crippen LogP contribution in [0.1, 0.15) is 37.2 Å². The summed E-state index contributed by atoms with van der Waals surface area (Å²) in [5, 5.41) is 0.577. The molecule has 2 N–H and O–H groups in total. The van der Waals surface area contributed by atoms with Crippen LogP contribution in [0.5, 0.6) is 0 Å². The first-order chi connectivity index (χ1) is 8.50. The minimum atomic E-state index is -0.910. The molecule has 4 heteroatoms. The Morgan fingerprint density at radius 1 is 1.33 bits per heavy atom. The normalized spacial score (nSPS) is 12.0. The molecule has 1 heterocycles. The van der Waals surface area contributed by atoms with Crippen molar-refractivity contribution < 1.29 is 13.6 Å². The van der Waals surface area contributed by atoms with Gasteiger partial charge in [0.1, 0.15) is 11.4 Å². The number of Topliss-reactive ketones (excluding diaryl/α,β-unsaturated/α-hetero) is 1. The SMILES string of the molecule is CCC(N)(CC)C(=O)c1cc2cc(F)ccc2o1. The van der Waals surface area contributed by atoms with Crippen LogP contribution in [0.2, 0.25) is 0 Å². The molecule has 0 saturated carbocycles. The first-order valence-electron chi connectivity index (χ1n) is 6.03. The maximum Gasteiger partial charge on any atom is 0.217 e. The summed E-state index contributed by atoms with van der Waals surface area (Å²) in [7, 11) is 0. The lowest BCUT2D eigenvalue weighted by atomic mass is 9.88. The van der Waals surface area contributed by atoms with Crippen LogP contribution in [0.15, 0.2) is 28.7 Å². The number of hydrogen-bond donors (Lipinski definition) is 1. The first-order valence-corrected chi connectivity index (χ1v) is 6.03. The van der Waals surface area contributed by atoms with Crippen molar-refractivity contribution >= 4 is 16.8 Å². The lowest BCUT2D eigenvalue weighted by Crippen LogP contribution is -2.46. The Morgan fingerprint density at radius 3 is 2.61 bits per heavy atom. The summed E-state index contributed by atoms with van der Waals surface area (Å²) in [5.74, 6) is -0.391. The van der Waals surface area contributed by atoms with Crippen LogP contribution in [0, 0.1) is 5.82 Å². The molecule has 0 aliphatic carbocycles. The van der Waals surface area contributed by atoms with E-state index in [4.69, 9.17) is 10.2 Å². The number of hydrogen-bond acceptors (Lipinski definition) is 3. The highest BCUT2D eigenvalue weighted by atomic mass is 19.1. The summed E-state index contributed by atoms with van der Waals surface area (Å²) in [6.45, 7) is 3.73. The van der Waals surface area contributed by atoms with E-state index in [1.54, 1.807) is 6.07 Å². The van der Waals surface area contributed by atoms with Crippen LogP contribution in [0.3, 0.4) is 0 Å². The largest absolute Gasteiger partial charge is 0.453 e. The maximum absolute atomic E-state index is 13.1. The van der Waals surface area contributed by atoms with Crippen molar-refractivity contribution in [3.63, 3.8) is 0 Å². The molecule has 0 atom stereocenters. The predicted molar refractivity (Wildman–Crippen MR) is 68.0 cm³/mol. The average molecular weight is 249 g/mol. The molecule has 2 aromatic rings. The highest BCUT2D eigenvalue weighted by Gasteiger charge is 2.33. The quantitative estimate of drug-likeness (QED) is 0.846. The van der Waals surface area contributed by atoms with E-state index in [-0.39, 0.29) is 17.4 Å². The predicted octanol–water partition coefficient (Wildman–Crippen LogP) is 3.27. The van der Waals surface area contributed by atoms with Gasteiger partial charge in [-0.05, 0) is 37.1 Å². The number of furan rings is 1. The van der Waals surface area contributed by atoms with Gasteiger partial charge in [0.05, 0.1) is 5.54 Å². The summed E-state index contributed by atoms with van der Waals surface area (Å²) in [4.78, 5) is 12.3. The molecule has 1 aromatic heterocycles. The van der Waals surface area contributed by atoms with E-state index in [0.717, 1.165) is 0 Å². The minimum Gasteiger partial charge on any atom is -0.453 e. The van der Waals surface area contributed by atoms with Gasteiger partial charge in [-0.3, -0.25) is 4.79 Å². The monoisotopic (exact) mass is 249 g/mol. The number of carbonyl (C=O) groups is 1. The van der Waals surface area contributed by atoms with Crippen molar-refractivity contribution in [2.24, 2.45) is 5.73 Å². The van der Waals surface area contributed by atoms with Gasteiger partial charge < -0.3 is 10.2 Å². The van der Waals surface area contributed by atoms with Gasteiger partial charge in [0.25, 0.3) is 0 Å². The highest BCUT2D eigenvalue weighted by Crippen LogP contribution is 2.25. The van der Waals surface area contributed by atoms with Crippen molar-refractivity contribution in [1.82, 2.24) is 0 Å². The van der Waals surface area contributed by atoms with Crippen LogP contribution in [0.25, 0.3) is 11.0 Å². The third-order valence-corrected chi connectivity index (χ3v) is 3.42. The van der Waals surface area contributed by atoms with E-state index < -0.39 is 5.54 Å². The van der Waals surface area contributed by atoms with Crippen molar-refractivity contribution in [2.45, 2.75) is 32.2 Å². The van der Waals surface area contributed by atoms with Gasteiger partial charge in [0, 0.05) is 5.39 Å². The second kappa shape index (κ2) is 4.53. The Kier molecular flexibility index (Phi) is 3.22. The molecule has 0 amide bonds. The van der Waals surface area contributed by atoms with Gasteiger partial charge in [0.2, 0.25) is 5.78 Å². The lowest BCUT2D eigenvalue weighted by Gasteiger charge is -2.23. The van der Waals surface area contributed by atoms with Gasteiger partial charge in [-0.15, -0.1) is 0 Å². The molecule has 0 bridgehead atoms. The number of fused-ring (bicyclic) bond motifs is 1. The van der Waals surface area contributed by atoms with Crippen molar-refractivity contribution in [3.05, 3.63) is 35.8 Å². The van der Waals surface area contributed by atoms with Crippen LogP contribution in [0.4, 0.5) is 4.39 Å². The zero-order valence-electron chi connectivity index (χ0n) is 10.5. The number of halogens is 1. The van der Waals surface area contributed by atoms with Crippen LogP contribution in [-0.4, -0.2) is 11.3 Å². The molecule has 0 fully saturated rings. The fraction of sp³-hybridized carbons (Fsp3) is 0.357. The summed E-state index contributed by atoms with van der Waals surface area (Å²) in [6.07, 6.45) is 1.07. The average Bonchev–Trinajstić information content (AvgIpc) is 2.79. The fourth-order valence-corrected chi connectivity index (χ4v) is 1.94. The van der Waals surface area contributed by atoms with Gasteiger partial charge in [0.15, 0.2) is 5.76 Å². The Hall–Kier alpha value is -1.68. The smallest absolute Gasteiger partial charge is 0.217 e. The van der Waals surface area contributed by atoms with E-state index in [2.05, 4.69) is 0 Å². The summed E-state index contributed by atoms with van der Waals surface area (Å²) in [6, 6.07) is 5.70. The molecule has 0 aliphatic heterocycles. The molecule has 0 saturated heterocycles. The summed E-state index contributed by atoms with van der Waals surface area (Å²) >= 11 is 0.